The summed E-state index contributed by atoms with van der Waals surface area (Å²) >= 11 is 0. The van der Waals surface area contributed by atoms with E-state index in [0.29, 0.717) is 29.7 Å². The van der Waals surface area contributed by atoms with E-state index >= 15 is 0 Å². The van der Waals surface area contributed by atoms with Crippen molar-refractivity contribution >= 4 is 17.8 Å². The Morgan fingerprint density at radius 3 is 2.50 bits per heavy atom. The molecular weight excluding hydrogens is 430 g/mol. The first-order chi connectivity index (χ1) is 15.8. The van der Waals surface area contributed by atoms with Gasteiger partial charge in [-0.25, -0.2) is 4.98 Å². The molecule has 0 saturated heterocycles. The third kappa shape index (κ3) is 7.66. The number of oxazole rings is 1. The van der Waals surface area contributed by atoms with E-state index in [4.69, 9.17) is 9.15 Å². The van der Waals surface area contributed by atoms with Crippen LogP contribution in [0.4, 0.5) is 0 Å². The molecule has 1 aliphatic rings. The lowest BCUT2D eigenvalue weighted by Crippen LogP contribution is -2.42. The Labute approximate surface area is 204 Å². The van der Waals surface area contributed by atoms with Gasteiger partial charge >= 0.3 is 5.97 Å². The summed E-state index contributed by atoms with van der Waals surface area (Å²) < 4.78 is 11.4. The van der Waals surface area contributed by atoms with Crippen molar-refractivity contribution in [3.63, 3.8) is 0 Å². The van der Waals surface area contributed by atoms with Gasteiger partial charge in [0.1, 0.15) is 23.3 Å². The molecule has 6 heteroatoms. The van der Waals surface area contributed by atoms with Gasteiger partial charge in [-0.2, -0.15) is 0 Å². The molecular formula is C28H43NO5. The molecule has 34 heavy (non-hydrogen) atoms. The molecule has 0 aliphatic carbocycles. The Balaban J connectivity index is 2.33. The highest BCUT2D eigenvalue weighted by Gasteiger charge is 2.39. The average Bonchev–Trinajstić information content (AvgIpc) is 3.05. The number of nitrogens with zero attached hydrogens (tertiary/aromatic N) is 1. The summed E-state index contributed by atoms with van der Waals surface area (Å²) in [5.74, 6) is 1.02. The van der Waals surface area contributed by atoms with Crippen LogP contribution in [0.15, 0.2) is 21.6 Å². The molecule has 6 nitrogen and oxygen atoms in total. The van der Waals surface area contributed by atoms with Gasteiger partial charge in [0.05, 0.1) is 17.9 Å². The minimum Gasteiger partial charge on any atom is -0.457 e. The number of rotatable bonds is 2. The molecule has 4 atom stereocenters. The number of aromatic nitrogens is 1. The number of carbonyl (C=O) groups is 2. The van der Waals surface area contributed by atoms with Crippen LogP contribution in [-0.2, 0) is 14.3 Å². The number of hydrogen-bond acceptors (Lipinski definition) is 6. The summed E-state index contributed by atoms with van der Waals surface area (Å²) in [7, 11) is 0. The smallest absolute Gasteiger partial charge is 0.309 e. The van der Waals surface area contributed by atoms with Gasteiger partial charge in [-0.15, -0.1) is 0 Å². The summed E-state index contributed by atoms with van der Waals surface area (Å²) in [6, 6.07) is 0. The maximum Gasteiger partial charge on any atom is 0.309 e. The Morgan fingerprint density at radius 1 is 1.21 bits per heavy atom. The Kier molecular flexibility index (Phi) is 9.86. The second-order valence-corrected chi connectivity index (χ2v) is 10.8. The first-order valence-corrected chi connectivity index (χ1v) is 12.5. The summed E-state index contributed by atoms with van der Waals surface area (Å²) in [6.07, 6.45) is 6.60. The van der Waals surface area contributed by atoms with Crippen LogP contribution in [0.3, 0.4) is 0 Å². The average molecular weight is 474 g/mol. The highest BCUT2D eigenvalue weighted by atomic mass is 16.5. The van der Waals surface area contributed by atoms with E-state index in [1.54, 1.807) is 20.8 Å². The van der Waals surface area contributed by atoms with Gasteiger partial charge in [-0.3, -0.25) is 9.59 Å². The third-order valence-electron chi connectivity index (χ3n) is 7.07. The molecule has 0 saturated carbocycles. The number of aliphatic hydroxyl groups is 1. The van der Waals surface area contributed by atoms with Crippen molar-refractivity contribution in [1.29, 1.82) is 0 Å². The molecule has 1 aromatic rings. The van der Waals surface area contributed by atoms with Crippen molar-refractivity contribution in [2.24, 2.45) is 17.3 Å². The van der Waals surface area contributed by atoms with E-state index in [2.05, 4.69) is 24.9 Å². The first kappa shape index (κ1) is 28.0. The Hall–Kier alpha value is -2.21. The van der Waals surface area contributed by atoms with Gasteiger partial charge in [0, 0.05) is 19.3 Å². The largest absolute Gasteiger partial charge is 0.457 e. The summed E-state index contributed by atoms with van der Waals surface area (Å²) in [4.78, 5) is 30.4. The second-order valence-electron chi connectivity index (χ2n) is 10.8. The second kappa shape index (κ2) is 12.0. The zero-order valence-corrected chi connectivity index (χ0v) is 22.2. The van der Waals surface area contributed by atoms with Crippen LogP contribution in [0.25, 0.3) is 6.08 Å². The third-order valence-corrected chi connectivity index (χ3v) is 7.07. The highest BCUT2D eigenvalue weighted by Crippen LogP contribution is 2.32. The Morgan fingerprint density at radius 2 is 1.88 bits per heavy atom. The molecule has 2 heterocycles. The van der Waals surface area contributed by atoms with Crippen LogP contribution >= 0.6 is 0 Å². The molecule has 190 valence electrons. The quantitative estimate of drug-likeness (QED) is 0.410. The van der Waals surface area contributed by atoms with Gasteiger partial charge in [0.2, 0.25) is 0 Å². The molecule has 0 amide bonds. The van der Waals surface area contributed by atoms with Crippen molar-refractivity contribution in [2.75, 3.05) is 0 Å². The SMILES string of the molecule is C/C1=C/C[C@@H](/C(C)=C/c2nc(C)oc2C)OC(=O)CC(O)C(C)(C)C(=O)C(C)CC(C)CCC1. The van der Waals surface area contributed by atoms with Gasteiger partial charge in [-0.05, 0) is 57.6 Å². The maximum absolute atomic E-state index is 13.1. The number of ketones is 1. The lowest BCUT2D eigenvalue weighted by atomic mass is 9.74. The van der Waals surface area contributed by atoms with E-state index in [1.807, 2.05) is 26.8 Å². The van der Waals surface area contributed by atoms with Crippen molar-refractivity contribution in [3.05, 3.63) is 34.6 Å². The molecule has 0 fully saturated rings. The number of carbonyl (C=O) groups excluding carboxylic acids is 2. The van der Waals surface area contributed by atoms with Crippen molar-refractivity contribution in [2.45, 2.75) is 106 Å². The van der Waals surface area contributed by atoms with Crippen molar-refractivity contribution in [1.82, 2.24) is 4.98 Å². The predicted octanol–water partition coefficient (Wildman–Crippen LogP) is 6.14. The number of ether oxygens (including phenoxy) is 1. The highest BCUT2D eigenvalue weighted by molar-refractivity contribution is 5.87. The topological polar surface area (TPSA) is 89.6 Å². The summed E-state index contributed by atoms with van der Waals surface area (Å²) in [5, 5.41) is 10.8. The monoisotopic (exact) mass is 473 g/mol. The summed E-state index contributed by atoms with van der Waals surface area (Å²) in [5.41, 5.74) is 1.80. The molecule has 1 N–H and O–H groups in total. The Bertz CT molecular complexity index is 923. The molecule has 0 bridgehead atoms. The molecule has 2 rings (SSSR count). The van der Waals surface area contributed by atoms with Crippen molar-refractivity contribution < 1.29 is 23.8 Å². The molecule has 0 aromatic carbocycles. The minimum atomic E-state index is -1.11. The summed E-state index contributed by atoms with van der Waals surface area (Å²) in [6.45, 7) is 15.2. The van der Waals surface area contributed by atoms with Crippen LogP contribution in [-0.4, -0.2) is 34.1 Å². The fourth-order valence-corrected chi connectivity index (χ4v) is 4.70. The van der Waals surface area contributed by atoms with Crippen LogP contribution < -0.4 is 0 Å². The standard InChI is InChI=1S/C28H43NO5/c1-17-10-9-11-18(2)14-20(4)27(32)28(7,8)25(30)16-26(31)34-24(13-12-17)19(3)15-23-21(5)33-22(6)29-23/h12,15,18,20,24-25,30H,9-11,13-14,16H2,1-8H3/b17-12-,19-15+/t18?,20?,24-,25?/m0/s1. The number of allylic oxidation sites excluding steroid dienone is 1. The van der Waals surface area contributed by atoms with E-state index in [-0.39, 0.29) is 18.1 Å². The van der Waals surface area contributed by atoms with Crippen LogP contribution in [0.1, 0.15) is 97.4 Å². The van der Waals surface area contributed by atoms with Crippen molar-refractivity contribution in [3.8, 4) is 0 Å². The number of cyclic esters (lactones) is 1. The molecule has 1 aliphatic heterocycles. The molecule has 1 aromatic heterocycles. The van der Waals surface area contributed by atoms with Gasteiger partial charge < -0.3 is 14.3 Å². The van der Waals surface area contributed by atoms with Crippen LogP contribution in [0.5, 0.6) is 0 Å². The van der Waals surface area contributed by atoms with Crippen LogP contribution in [0.2, 0.25) is 0 Å². The van der Waals surface area contributed by atoms with E-state index < -0.39 is 23.6 Å². The number of Topliss-reactive ketones (excluding diaryl/α,β-unsaturated/α-hetero) is 1. The van der Waals surface area contributed by atoms with Gasteiger partial charge in [0.15, 0.2) is 5.89 Å². The number of aliphatic hydroxyl groups excluding tert-OH is 1. The lowest BCUT2D eigenvalue weighted by molar-refractivity contribution is -0.153. The zero-order chi connectivity index (χ0) is 25.6. The minimum absolute atomic E-state index is 0.00711. The van der Waals surface area contributed by atoms with Crippen LogP contribution in [0, 0.1) is 31.1 Å². The van der Waals surface area contributed by atoms with Gasteiger partial charge in [0.25, 0.3) is 0 Å². The lowest BCUT2D eigenvalue weighted by Gasteiger charge is -2.32. The fourth-order valence-electron chi connectivity index (χ4n) is 4.70. The zero-order valence-electron chi connectivity index (χ0n) is 22.2. The van der Waals surface area contributed by atoms with Gasteiger partial charge in [-0.1, -0.05) is 45.8 Å². The van der Waals surface area contributed by atoms with E-state index in [1.165, 1.54) is 5.57 Å². The predicted molar refractivity (Wildman–Crippen MR) is 134 cm³/mol. The van der Waals surface area contributed by atoms with E-state index in [9.17, 15) is 14.7 Å². The maximum atomic E-state index is 13.1. The first-order valence-electron chi connectivity index (χ1n) is 12.5. The molecule has 3 unspecified atom stereocenters. The number of hydrogen-bond donors (Lipinski definition) is 1. The molecule has 0 spiro atoms. The normalized spacial score (nSPS) is 29.9. The number of aryl methyl sites for hydroxylation is 2. The molecule has 0 radical (unpaired) electrons. The number of esters is 1. The van der Waals surface area contributed by atoms with E-state index in [0.717, 1.165) is 31.3 Å². The fraction of sp³-hybridized carbons (Fsp3) is 0.679.